The van der Waals surface area contributed by atoms with E-state index in [9.17, 15) is 0 Å². The van der Waals surface area contributed by atoms with Gasteiger partial charge in [-0.25, -0.2) is 0 Å². The molecule has 1 aromatic rings. The first kappa shape index (κ1) is 13.4. The van der Waals surface area contributed by atoms with E-state index in [-0.39, 0.29) is 0 Å². The number of hydrogen-bond donors (Lipinski definition) is 1. The van der Waals surface area contributed by atoms with E-state index in [0.717, 1.165) is 24.8 Å². The van der Waals surface area contributed by atoms with Crippen LogP contribution in [0, 0.1) is 12.8 Å². The summed E-state index contributed by atoms with van der Waals surface area (Å²) in [5, 5.41) is 3.62. The molecule has 1 aliphatic carbocycles. The van der Waals surface area contributed by atoms with Crippen molar-refractivity contribution in [2.75, 3.05) is 13.2 Å². The minimum atomic E-state index is 0.448. The molecule has 1 unspecified atom stereocenters. The Morgan fingerprint density at radius 2 is 2.11 bits per heavy atom. The molecule has 0 amide bonds. The van der Waals surface area contributed by atoms with E-state index in [0.29, 0.717) is 6.04 Å². The second kappa shape index (κ2) is 6.24. The van der Waals surface area contributed by atoms with Crippen LogP contribution in [-0.2, 0) is 0 Å². The van der Waals surface area contributed by atoms with E-state index in [1.54, 1.807) is 0 Å². The van der Waals surface area contributed by atoms with Crippen molar-refractivity contribution in [3.8, 4) is 5.75 Å². The highest BCUT2D eigenvalue weighted by molar-refractivity contribution is 5.39. The van der Waals surface area contributed by atoms with Gasteiger partial charge in [0.2, 0.25) is 0 Å². The first-order valence-electron chi connectivity index (χ1n) is 7.21. The zero-order valence-electron chi connectivity index (χ0n) is 11.8. The molecule has 0 heterocycles. The minimum Gasteiger partial charge on any atom is -0.494 e. The normalized spacial score (nSPS) is 16.6. The summed E-state index contributed by atoms with van der Waals surface area (Å²) >= 11 is 0. The van der Waals surface area contributed by atoms with Crippen LogP contribution < -0.4 is 10.1 Å². The molecule has 2 nitrogen and oxygen atoms in total. The van der Waals surface area contributed by atoms with Gasteiger partial charge < -0.3 is 10.1 Å². The van der Waals surface area contributed by atoms with Crippen molar-refractivity contribution in [3.63, 3.8) is 0 Å². The average Bonchev–Trinajstić information content (AvgIpc) is 3.15. The summed E-state index contributed by atoms with van der Waals surface area (Å²) in [5.41, 5.74) is 2.65. The Morgan fingerprint density at radius 3 is 2.72 bits per heavy atom. The molecule has 0 radical (unpaired) electrons. The lowest BCUT2D eigenvalue weighted by Crippen LogP contribution is -2.22. The fourth-order valence-electron chi connectivity index (χ4n) is 2.48. The third-order valence-corrected chi connectivity index (χ3v) is 3.56. The number of hydrogen-bond acceptors (Lipinski definition) is 2. The van der Waals surface area contributed by atoms with E-state index in [4.69, 9.17) is 4.74 Å². The largest absolute Gasteiger partial charge is 0.494 e. The summed E-state index contributed by atoms with van der Waals surface area (Å²) in [7, 11) is 0. The lowest BCUT2D eigenvalue weighted by Gasteiger charge is -2.21. The topological polar surface area (TPSA) is 21.3 Å². The van der Waals surface area contributed by atoms with Gasteiger partial charge in [-0.05, 0) is 38.8 Å². The zero-order chi connectivity index (χ0) is 13.0. The Balaban J connectivity index is 2.21. The van der Waals surface area contributed by atoms with Crippen LogP contribution >= 0.6 is 0 Å². The van der Waals surface area contributed by atoms with Gasteiger partial charge in [-0.3, -0.25) is 0 Å². The summed E-state index contributed by atoms with van der Waals surface area (Å²) in [5.74, 6) is 1.97. The molecule has 1 saturated carbocycles. The first-order valence-corrected chi connectivity index (χ1v) is 7.21. The Labute approximate surface area is 111 Å². The summed E-state index contributed by atoms with van der Waals surface area (Å²) in [4.78, 5) is 0. The highest BCUT2D eigenvalue weighted by Gasteiger charge is 2.27. The number of nitrogens with one attached hydrogen (secondary N) is 1. The molecule has 1 atom stereocenters. The van der Waals surface area contributed by atoms with Crippen LogP contribution in [0.15, 0.2) is 18.2 Å². The summed E-state index contributed by atoms with van der Waals surface area (Å²) in [6, 6.07) is 6.98. The maximum atomic E-state index is 5.78. The van der Waals surface area contributed by atoms with Gasteiger partial charge in [-0.1, -0.05) is 37.5 Å². The van der Waals surface area contributed by atoms with Crippen molar-refractivity contribution < 1.29 is 4.74 Å². The summed E-state index contributed by atoms with van der Waals surface area (Å²) in [6.45, 7) is 8.12. The molecule has 0 aliphatic heterocycles. The monoisotopic (exact) mass is 247 g/mol. The standard InChI is InChI=1S/C16H25NO/c1-4-17-15(11-13-7-8-13)14-10-12(3)6-9-16(14)18-5-2/h6,9-10,13,15,17H,4-5,7-8,11H2,1-3H3. The molecule has 0 spiro atoms. The van der Waals surface area contributed by atoms with E-state index >= 15 is 0 Å². The molecule has 0 saturated heterocycles. The van der Waals surface area contributed by atoms with Crippen LogP contribution in [0.1, 0.15) is 50.3 Å². The van der Waals surface area contributed by atoms with E-state index in [2.05, 4.69) is 37.4 Å². The smallest absolute Gasteiger partial charge is 0.124 e. The third kappa shape index (κ3) is 3.49. The number of aryl methyl sites for hydroxylation is 1. The predicted octanol–water partition coefficient (Wildman–Crippen LogP) is 3.84. The van der Waals surface area contributed by atoms with Crippen LogP contribution in [0.25, 0.3) is 0 Å². The van der Waals surface area contributed by atoms with Gasteiger partial charge in [-0.15, -0.1) is 0 Å². The van der Waals surface area contributed by atoms with Crippen LogP contribution in [0.2, 0.25) is 0 Å². The molecule has 1 aliphatic rings. The molecule has 1 fully saturated rings. The quantitative estimate of drug-likeness (QED) is 0.790. The second-order valence-electron chi connectivity index (χ2n) is 5.26. The maximum Gasteiger partial charge on any atom is 0.124 e. The molecule has 18 heavy (non-hydrogen) atoms. The van der Waals surface area contributed by atoms with Gasteiger partial charge in [0.1, 0.15) is 5.75 Å². The van der Waals surface area contributed by atoms with Gasteiger partial charge in [0, 0.05) is 11.6 Å². The molecule has 1 N–H and O–H groups in total. The molecule has 0 bridgehead atoms. The fraction of sp³-hybridized carbons (Fsp3) is 0.625. The van der Waals surface area contributed by atoms with E-state index in [1.165, 1.54) is 30.4 Å². The molecular formula is C16H25NO. The predicted molar refractivity (Wildman–Crippen MR) is 76.1 cm³/mol. The summed E-state index contributed by atoms with van der Waals surface area (Å²) in [6.07, 6.45) is 4.05. The summed E-state index contributed by atoms with van der Waals surface area (Å²) < 4.78 is 5.78. The lowest BCUT2D eigenvalue weighted by molar-refractivity contribution is 0.329. The maximum absolute atomic E-state index is 5.78. The fourth-order valence-corrected chi connectivity index (χ4v) is 2.48. The van der Waals surface area contributed by atoms with Crippen molar-refractivity contribution in [2.45, 2.75) is 46.1 Å². The van der Waals surface area contributed by atoms with Gasteiger partial charge in [0.25, 0.3) is 0 Å². The highest BCUT2D eigenvalue weighted by atomic mass is 16.5. The average molecular weight is 247 g/mol. The van der Waals surface area contributed by atoms with E-state index in [1.807, 2.05) is 6.92 Å². The van der Waals surface area contributed by atoms with Crippen molar-refractivity contribution in [1.29, 1.82) is 0 Å². The van der Waals surface area contributed by atoms with Crippen molar-refractivity contribution in [3.05, 3.63) is 29.3 Å². The third-order valence-electron chi connectivity index (χ3n) is 3.56. The molecule has 2 rings (SSSR count). The van der Waals surface area contributed by atoms with Gasteiger partial charge in [0.15, 0.2) is 0 Å². The number of rotatable bonds is 7. The SMILES string of the molecule is CCNC(CC1CC1)c1cc(C)ccc1OCC. The van der Waals surface area contributed by atoms with Crippen molar-refractivity contribution in [1.82, 2.24) is 5.32 Å². The van der Waals surface area contributed by atoms with Gasteiger partial charge in [-0.2, -0.15) is 0 Å². The molecule has 1 aromatic carbocycles. The second-order valence-corrected chi connectivity index (χ2v) is 5.26. The number of ether oxygens (including phenoxy) is 1. The highest BCUT2D eigenvalue weighted by Crippen LogP contribution is 2.39. The Bertz CT molecular complexity index is 385. The molecule has 0 aromatic heterocycles. The van der Waals surface area contributed by atoms with E-state index < -0.39 is 0 Å². The van der Waals surface area contributed by atoms with Crippen molar-refractivity contribution >= 4 is 0 Å². The lowest BCUT2D eigenvalue weighted by atomic mass is 9.98. The number of benzene rings is 1. The van der Waals surface area contributed by atoms with Crippen LogP contribution in [-0.4, -0.2) is 13.2 Å². The van der Waals surface area contributed by atoms with Crippen LogP contribution in [0.5, 0.6) is 5.75 Å². The van der Waals surface area contributed by atoms with Crippen LogP contribution in [0.4, 0.5) is 0 Å². The Morgan fingerprint density at radius 1 is 1.33 bits per heavy atom. The zero-order valence-corrected chi connectivity index (χ0v) is 11.8. The Hall–Kier alpha value is -1.02. The van der Waals surface area contributed by atoms with Gasteiger partial charge >= 0.3 is 0 Å². The molecule has 100 valence electrons. The molecular weight excluding hydrogens is 222 g/mol. The molecule has 2 heteroatoms. The first-order chi connectivity index (χ1) is 8.74. The van der Waals surface area contributed by atoms with Crippen LogP contribution in [0.3, 0.4) is 0 Å². The Kier molecular flexibility index (Phi) is 4.65. The van der Waals surface area contributed by atoms with Gasteiger partial charge in [0.05, 0.1) is 6.61 Å². The minimum absolute atomic E-state index is 0.448. The van der Waals surface area contributed by atoms with Crippen molar-refractivity contribution in [2.24, 2.45) is 5.92 Å².